The summed E-state index contributed by atoms with van der Waals surface area (Å²) in [5.41, 5.74) is 2.12. The van der Waals surface area contributed by atoms with Crippen LogP contribution in [-0.2, 0) is 6.54 Å². The van der Waals surface area contributed by atoms with E-state index < -0.39 is 0 Å². The van der Waals surface area contributed by atoms with Crippen LogP contribution in [0.1, 0.15) is 12.5 Å². The van der Waals surface area contributed by atoms with E-state index in [0.717, 1.165) is 22.1 Å². The lowest BCUT2D eigenvalue weighted by molar-refractivity contribution is 0.714. The molecule has 23 heavy (non-hydrogen) atoms. The van der Waals surface area contributed by atoms with Gasteiger partial charge in [0.25, 0.3) is 0 Å². The van der Waals surface area contributed by atoms with Crippen LogP contribution in [-0.4, -0.2) is 25.0 Å². The van der Waals surface area contributed by atoms with Gasteiger partial charge in [0.2, 0.25) is 0 Å². The zero-order chi connectivity index (χ0) is 16.1. The van der Waals surface area contributed by atoms with Crippen molar-refractivity contribution in [3.8, 4) is 17.5 Å². The van der Waals surface area contributed by atoms with Gasteiger partial charge in [-0.25, -0.2) is 0 Å². The molecule has 0 saturated heterocycles. The SMILES string of the molecule is C[C@H](C#N)Sc1nnc(-c2ccncc2)n1Cc1ccccc1. The highest BCUT2D eigenvalue weighted by atomic mass is 32.2. The maximum atomic E-state index is 9.06. The summed E-state index contributed by atoms with van der Waals surface area (Å²) in [7, 11) is 0. The molecule has 1 aromatic carbocycles. The van der Waals surface area contributed by atoms with Crippen molar-refractivity contribution < 1.29 is 0 Å². The fraction of sp³-hybridized carbons (Fsp3) is 0.176. The lowest BCUT2D eigenvalue weighted by Gasteiger charge is -2.11. The zero-order valence-corrected chi connectivity index (χ0v) is 13.4. The van der Waals surface area contributed by atoms with Gasteiger partial charge in [-0.15, -0.1) is 10.2 Å². The van der Waals surface area contributed by atoms with Crippen LogP contribution < -0.4 is 0 Å². The number of pyridine rings is 1. The molecule has 114 valence electrons. The van der Waals surface area contributed by atoms with Crippen molar-refractivity contribution in [1.29, 1.82) is 5.26 Å². The number of aromatic nitrogens is 4. The predicted octanol–water partition coefficient (Wildman–Crippen LogP) is 3.39. The minimum atomic E-state index is -0.181. The van der Waals surface area contributed by atoms with E-state index in [4.69, 9.17) is 5.26 Å². The average molecular weight is 321 g/mol. The first-order valence-electron chi connectivity index (χ1n) is 7.21. The Morgan fingerprint density at radius 1 is 1.13 bits per heavy atom. The van der Waals surface area contributed by atoms with Gasteiger partial charge in [0.1, 0.15) is 0 Å². The van der Waals surface area contributed by atoms with Gasteiger partial charge in [-0.05, 0) is 24.6 Å². The summed E-state index contributed by atoms with van der Waals surface area (Å²) in [5, 5.41) is 18.2. The number of hydrogen-bond donors (Lipinski definition) is 0. The Morgan fingerprint density at radius 2 is 1.87 bits per heavy atom. The maximum absolute atomic E-state index is 9.06. The minimum absolute atomic E-state index is 0.181. The highest BCUT2D eigenvalue weighted by molar-refractivity contribution is 8.00. The van der Waals surface area contributed by atoms with Gasteiger partial charge in [-0.2, -0.15) is 5.26 Å². The smallest absolute Gasteiger partial charge is 0.193 e. The second kappa shape index (κ2) is 7.07. The Kier molecular flexibility index (Phi) is 4.69. The summed E-state index contributed by atoms with van der Waals surface area (Å²) in [6.45, 7) is 2.52. The van der Waals surface area contributed by atoms with Crippen molar-refractivity contribution >= 4 is 11.8 Å². The molecule has 0 radical (unpaired) electrons. The standard InChI is InChI=1S/C17H15N5S/c1-13(11-18)23-17-21-20-16(15-7-9-19-10-8-15)22(17)12-14-5-3-2-4-6-14/h2-10,13H,12H2,1H3/t13-/m1/s1. The summed E-state index contributed by atoms with van der Waals surface area (Å²) in [4.78, 5) is 4.05. The van der Waals surface area contributed by atoms with Gasteiger partial charge < -0.3 is 0 Å². The van der Waals surface area contributed by atoms with E-state index in [1.54, 1.807) is 12.4 Å². The quantitative estimate of drug-likeness (QED) is 0.674. The first kappa shape index (κ1) is 15.3. The van der Waals surface area contributed by atoms with Crippen molar-refractivity contribution in [1.82, 2.24) is 19.7 Å². The Balaban J connectivity index is 2.01. The van der Waals surface area contributed by atoms with Gasteiger partial charge in [-0.3, -0.25) is 9.55 Å². The number of thioether (sulfide) groups is 1. The van der Waals surface area contributed by atoms with Crippen LogP contribution >= 0.6 is 11.8 Å². The Hall–Kier alpha value is -2.65. The van der Waals surface area contributed by atoms with Crippen molar-refractivity contribution in [2.45, 2.75) is 23.9 Å². The van der Waals surface area contributed by atoms with Gasteiger partial charge in [0.05, 0.1) is 17.9 Å². The summed E-state index contributed by atoms with van der Waals surface area (Å²) in [6, 6.07) is 16.2. The summed E-state index contributed by atoms with van der Waals surface area (Å²) < 4.78 is 2.04. The molecule has 3 rings (SSSR count). The molecular formula is C17H15N5S. The van der Waals surface area contributed by atoms with Crippen LogP contribution in [0.3, 0.4) is 0 Å². The van der Waals surface area contributed by atoms with E-state index in [9.17, 15) is 0 Å². The topological polar surface area (TPSA) is 67.4 Å². The van der Waals surface area contributed by atoms with Crippen LogP contribution in [0.15, 0.2) is 60.0 Å². The number of rotatable bonds is 5. The molecule has 0 bridgehead atoms. The molecule has 0 fully saturated rings. The molecule has 6 heteroatoms. The van der Waals surface area contributed by atoms with Crippen molar-refractivity contribution in [2.24, 2.45) is 0 Å². The number of nitriles is 1. The van der Waals surface area contributed by atoms with Gasteiger partial charge in [-0.1, -0.05) is 42.1 Å². The fourth-order valence-electron chi connectivity index (χ4n) is 2.18. The lowest BCUT2D eigenvalue weighted by Crippen LogP contribution is -2.05. The van der Waals surface area contributed by atoms with Crippen LogP contribution in [0.25, 0.3) is 11.4 Å². The molecule has 0 spiro atoms. The molecule has 1 atom stereocenters. The van der Waals surface area contributed by atoms with Gasteiger partial charge in [0.15, 0.2) is 11.0 Å². The maximum Gasteiger partial charge on any atom is 0.193 e. The summed E-state index contributed by atoms with van der Waals surface area (Å²) in [6.07, 6.45) is 3.48. The molecule has 3 aromatic rings. The lowest BCUT2D eigenvalue weighted by atomic mass is 10.2. The van der Waals surface area contributed by atoms with Gasteiger partial charge in [0, 0.05) is 18.0 Å². The third-order valence-corrected chi connectivity index (χ3v) is 4.27. The fourth-order valence-corrected chi connectivity index (χ4v) is 2.92. The number of benzene rings is 1. The van der Waals surface area contributed by atoms with E-state index in [-0.39, 0.29) is 5.25 Å². The highest BCUT2D eigenvalue weighted by Crippen LogP contribution is 2.27. The van der Waals surface area contributed by atoms with Crippen LogP contribution in [0.2, 0.25) is 0 Å². The second-order valence-electron chi connectivity index (χ2n) is 5.00. The molecule has 0 N–H and O–H groups in total. The van der Waals surface area contributed by atoms with Crippen molar-refractivity contribution in [2.75, 3.05) is 0 Å². The van der Waals surface area contributed by atoms with Crippen LogP contribution in [0, 0.1) is 11.3 Å². The van der Waals surface area contributed by atoms with Crippen LogP contribution in [0.4, 0.5) is 0 Å². The normalized spacial score (nSPS) is 11.8. The number of nitrogens with zero attached hydrogens (tertiary/aromatic N) is 5. The van der Waals surface area contributed by atoms with E-state index in [1.165, 1.54) is 11.8 Å². The monoisotopic (exact) mass is 321 g/mol. The van der Waals surface area contributed by atoms with E-state index >= 15 is 0 Å². The largest absolute Gasteiger partial charge is 0.298 e. The first-order chi connectivity index (χ1) is 11.3. The van der Waals surface area contributed by atoms with E-state index in [1.807, 2.05) is 41.8 Å². The predicted molar refractivity (Wildman–Crippen MR) is 89.7 cm³/mol. The average Bonchev–Trinajstić information content (AvgIpc) is 2.99. The number of hydrogen-bond acceptors (Lipinski definition) is 5. The van der Waals surface area contributed by atoms with Crippen LogP contribution in [0.5, 0.6) is 0 Å². The summed E-state index contributed by atoms with van der Waals surface area (Å²) in [5.74, 6) is 0.781. The summed E-state index contributed by atoms with van der Waals surface area (Å²) >= 11 is 1.42. The highest BCUT2D eigenvalue weighted by Gasteiger charge is 2.16. The minimum Gasteiger partial charge on any atom is -0.298 e. The molecule has 0 aliphatic heterocycles. The molecule has 2 aromatic heterocycles. The third kappa shape index (κ3) is 3.58. The second-order valence-corrected chi connectivity index (χ2v) is 6.31. The molecule has 0 unspecified atom stereocenters. The van der Waals surface area contributed by atoms with Crippen molar-refractivity contribution in [3.63, 3.8) is 0 Å². The Labute approximate surface area is 139 Å². The van der Waals surface area contributed by atoms with Crippen molar-refractivity contribution in [3.05, 3.63) is 60.4 Å². The molecule has 0 saturated carbocycles. The molecule has 0 aliphatic rings. The molecule has 5 nitrogen and oxygen atoms in total. The van der Waals surface area contributed by atoms with E-state index in [2.05, 4.69) is 33.4 Å². The Morgan fingerprint density at radius 3 is 2.57 bits per heavy atom. The molecular weight excluding hydrogens is 306 g/mol. The Bertz CT molecular complexity index is 808. The van der Waals surface area contributed by atoms with E-state index in [0.29, 0.717) is 6.54 Å². The van der Waals surface area contributed by atoms with Gasteiger partial charge >= 0.3 is 0 Å². The molecule has 2 heterocycles. The zero-order valence-electron chi connectivity index (χ0n) is 12.6. The molecule has 0 amide bonds. The molecule has 0 aliphatic carbocycles. The first-order valence-corrected chi connectivity index (χ1v) is 8.09. The third-order valence-electron chi connectivity index (χ3n) is 3.30.